The summed E-state index contributed by atoms with van der Waals surface area (Å²) in [5, 5.41) is 6.76. The molecule has 0 spiro atoms. The predicted molar refractivity (Wildman–Crippen MR) is 116 cm³/mol. The number of alkyl halides is 2. The third-order valence-corrected chi connectivity index (χ3v) is 6.23. The summed E-state index contributed by atoms with van der Waals surface area (Å²) in [6.07, 6.45) is 3.85. The topological polar surface area (TPSA) is 109 Å². The van der Waals surface area contributed by atoms with Gasteiger partial charge in [0.25, 0.3) is 0 Å². The molecule has 1 aliphatic rings. The Morgan fingerprint density at radius 1 is 1.33 bits per heavy atom. The molecule has 3 heterocycles. The molecular weight excluding hydrogens is 535 g/mol. The van der Waals surface area contributed by atoms with Crippen LogP contribution in [0.15, 0.2) is 34.2 Å². The first-order valence-electron chi connectivity index (χ1n) is 9.11. The summed E-state index contributed by atoms with van der Waals surface area (Å²) in [6.45, 7) is 1.22. The van der Waals surface area contributed by atoms with E-state index in [1.807, 2.05) is 11.8 Å². The number of halogens is 3. The van der Waals surface area contributed by atoms with E-state index in [0.717, 1.165) is 4.57 Å². The first-order valence-corrected chi connectivity index (χ1v) is 10.7. The van der Waals surface area contributed by atoms with Crippen LogP contribution in [0.5, 0.6) is 0 Å². The lowest BCUT2D eigenvalue weighted by atomic mass is 10.4. The molecule has 0 aromatic carbocycles. The van der Waals surface area contributed by atoms with E-state index in [1.54, 1.807) is 0 Å². The van der Waals surface area contributed by atoms with Gasteiger partial charge in [-0.1, -0.05) is 5.16 Å². The maximum atomic E-state index is 13.0. The summed E-state index contributed by atoms with van der Waals surface area (Å²) < 4.78 is 57.8. The van der Waals surface area contributed by atoms with Gasteiger partial charge in [-0.05, 0) is 6.92 Å². The number of nitrogens with zero attached hydrogens (tertiary/aromatic N) is 6. The molecule has 0 atom stereocenters. The molecule has 30 heavy (non-hydrogen) atoms. The first-order chi connectivity index (χ1) is 13.9. The Morgan fingerprint density at radius 3 is 2.67 bits per heavy atom. The van der Waals surface area contributed by atoms with Gasteiger partial charge < -0.3 is 14.7 Å². The minimum Gasteiger partial charge on any atom is -0.364 e. The molecule has 14 heteroatoms. The van der Waals surface area contributed by atoms with Gasteiger partial charge in [-0.25, -0.2) is 18.4 Å². The van der Waals surface area contributed by atoms with Crippen molar-refractivity contribution in [2.75, 3.05) is 32.7 Å². The lowest BCUT2D eigenvalue weighted by molar-refractivity contribution is 0.0671. The normalized spacial score (nSPS) is 16.0. The van der Waals surface area contributed by atoms with Gasteiger partial charge in [0.2, 0.25) is 10.0 Å². The zero-order valence-electron chi connectivity index (χ0n) is 16.3. The lowest BCUT2D eigenvalue weighted by Gasteiger charge is -2.35. The van der Waals surface area contributed by atoms with Crippen molar-refractivity contribution in [3.63, 3.8) is 0 Å². The number of hydrogen-bond acceptors (Lipinski definition) is 6. The molecule has 1 fully saturated rings. The Morgan fingerprint density at radius 2 is 2.07 bits per heavy atom. The van der Waals surface area contributed by atoms with E-state index in [9.17, 15) is 17.2 Å². The van der Waals surface area contributed by atoms with Crippen molar-refractivity contribution in [1.29, 1.82) is 0 Å². The second-order valence-corrected chi connectivity index (χ2v) is 8.30. The smallest absolute Gasteiger partial charge is 0.319 e. The van der Waals surface area contributed by atoms with Crippen LogP contribution in [0.4, 0.5) is 8.78 Å². The number of aliphatic imine (C=N–C) groups is 1. The van der Waals surface area contributed by atoms with Gasteiger partial charge in [0.05, 0.1) is 5.69 Å². The molecule has 2 aromatic rings. The zero-order chi connectivity index (χ0) is 20.9. The van der Waals surface area contributed by atoms with Gasteiger partial charge in [-0.2, -0.15) is 13.1 Å². The van der Waals surface area contributed by atoms with E-state index in [1.165, 1.54) is 29.0 Å². The molecule has 1 saturated heterocycles. The maximum Gasteiger partial charge on any atom is 0.319 e. The third-order valence-electron chi connectivity index (χ3n) is 4.42. The number of nitrogens with one attached hydrogen (secondary N) is 1. The summed E-state index contributed by atoms with van der Waals surface area (Å²) in [5.74, 6) is 0.475. The second kappa shape index (κ2) is 11.0. The summed E-state index contributed by atoms with van der Waals surface area (Å²) >= 11 is 0. The molecular formula is C16H24F2IN7O3S. The average molecular weight is 559 g/mol. The Bertz CT molecular complexity index is 913. The highest BCUT2D eigenvalue weighted by Crippen LogP contribution is 2.15. The van der Waals surface area contributed by atoms with Crippen molar-refractivity contribution >= 4 is 40.0 Å². The minimum atomic E-state index is -3.50. The van der Waals surface area contributed by atoms with Crippen LogP contribution in [0.1, 0.15) is 25.0 Å². The number of hydrogen-bond donors (Lipinski definition) is 1. The van der Waals surface area contributed by atoms with E-state index in [-0.39, 0.29) is 55.2 Å². The van der Waals surface area contributed by atoms with Gasteiger partial charge in [-0.15, -0.1) is 24.0 Å². The number of guanidine groups is 1. The third kappa shape index (κ3) is 6.10. The van der Waals surface area contributed by atoms with Crippen LogP contribution in [0.3, 0.4) is 0 Å². The summed E-state index contributed by atoms with van der Waals surface area (Å²) in [7, 11) is -3.50. The SMILES string of the molecule is CCNC(=NCc1nccn1C(F)F)N1CCN(S(=O)(=O)Cc2ccon2)CC1.I. The van der Waals surface area contributed by atoms with Crippen LogP contribution < -0.4 is 5.32 Å². The molecule has 3 rings (SSSR count). The van der Waals surface area contributed by atoms with Crippen LogP contribution in [-0.4, -0.2) is 71.0 Å². The van der Waals surface area contributed by atoms with Gasteiger partial charge in [-0.3, -0.25) is 4.57 Å². The van der Waals surface area contributed by atoms with Crippen LogP contribution >= 0.6 is 24.0 Å². The fraction of sp³-hybridized carbons (Fsp3) is 0.562. The monoisotopic (exact) mass is 559 g/mol. The minimum absolute atomic E-state index is 0. The molecule has 0 aliphatic carbocycles. The van der Waals surface area contributed by atoms with Crippen LogP contribution in [0.25, 0.3) is 0 Å². The van der Waals surface area contributed by atoms with Gasteiger partial charge in [0.15, 0.2) is 5.96 Å². The number of sulfonamides is 1. The highest BCUT2D eigenvalue weighted by Gasteiger charge is 2.29. The number of imidazole rings is 1. The van der Waals surface area contributed by atoms with Crippen molar-refractivity contribution in [2.45, 2.75) is 25.8 Å². The van der Waals surface area contributed by atoms with Crippen molar-refractivity contribution < 1.29 is 21.7 Å². The molecule has 10 nitrogen and oxygen atoms in total. The highest BCUT2D eigenvalue weighted by atomic mass is 127. The molecule has 1 N–H and O–H groups in total. The van der Waals surface area contributed by atoms with E-state index >= 15 is 0 Å². The van der Waals surface area contributed by atoms with Gasteiger partial charge in [0.1, 0.15) is 24.4 Å². The Labute approximate surface area is 190 Å². The fourth-order valence-corrected chi connectivity index (χ4v) is 4.41. The zero-order valence-corrected chi connectivity index (χ0v) is 19.5. The quantitative estimate of drug-likeness (QED) is 0.311. The lowest BCUT2D eigenvalue weighted by Crippen LogP contribution is -2.53. The van der Waals surface area contributed by atoms with Crippen molar-refractivity contribution in [3.05, 3.63) is 36.2 Å². The average Bonchev–Trinajstić information content (AvgIpc) is 3.36. The molecule has 168 valence electrons. The number of aromatic nitrogens is 3. The fourth-order valence-electron chi connectivity index (χ4n) is 2.98. The van der Waals surface area contributed by atoms with E-state index in [2.05, 4.69) is 25.0 Å². The Balaban J connectivity index is 0.00000320. The molecule has 1 aliphatic heterocycles. The van der Waals surface area contributed by atoms with E-state index in [0.29, 0.717) is 31.3 Å². The molecule has 0 amide bonds. The maximum absolute atomic E-state index is 13.0. The number of piperazine rings is 1. The van der Waals surface area contributed by atoms with E-state index < -0.39 is 16.6 Å². The Kier molecular flexibility index (Phi) is 8.96. The van der Waals surface area contributed by atoms with Gasteiger partial charge >= 0.3 is 6.55 Å². The van der Waals surface area contributed by atoms with Crippen molar-refractivity contribution in [3.8, 4) is 0 Å². The van der Waals surface area contributed by atoms with Crippen LogP contribution in [0, 0.1) is 0 Å². The molecule has 0 radical (unpaired) electrons. The first kappa shape index (κ1) is 24.5. The number of rotatable bonds is 7. The molecule has 0 saturated carbocycles. The summed E-state index contributed by atoms with van der Waals surface area (Å²) in [6, 6.07) is 1.52. The van der Waals surface area contributed by atoms with Crippen LogP contribution in [-0.2, 0) is 22.3 Å². The van der Waals surface area contributed by atoms with E-state index in [4.69, 9.17) is 0 Å². The predicted octanol–water partition coefficient (Wildman–Crippen LogP) is 1.50. The molecule has 2 aromatic heterocycles. The van der Waals surface area contributed by atoms with Crippen molar-refractivity contribution in [1.82, 2.24) is 29.2 Å². The molecule has 0 bridgehead atoms. The van der Waals surface area contributed by atoms with Crippen molar-refractivity contribution in [2.24, 2.45) is 4.99 Å². The largest absolute Gasteiger partial charge is 0.364 e. The summed E-state index contributed by atoms with van der Waals surface area (Å²) in [4.78, 5) is 10.2. The van der Waals surface area contributed by atoms with Crippen LogP contribution in [0.2, 0.25) is 0 Å². The Hall–Kier alpha value is -1.81. The summed E-state index contributed by atoms with van der Waals surface area (Å²) in [5.41, 5.74) is 0.358. The second-order valence-electron chi connectivity index (χ2n) is 6.33. The van der Waals surface area contributed by atoms with Gasteiger partial charge in [0, 0.05) is 51.2 Å². The highest BCUT2D eigenvalue weighted by molar-refractivity contribution is 14.0. The molecule has 0 unspecified atom stereocenters. The standard InChI is InChI=1S/C16H23F2N7O3S.HI/c1-2-19-16(21-11-14-20-4-5-25(14)15(17)18)23-6-8-24(9-7-23)29(26,27)12-13-3-10-28-22-13;/h3-5,10,15H,2,6-9,11-12H2,1H3,(H,19,21);1H.